The monoisotopic (exact) mass is 393 g/mol. The minimum absolute atomic E-state index is 0.0469. The van der Waals surface area contributed by atoms with E-state index in [0.717, 1.165) is 0 Å². The van der Waals surface area contributed by atoms with Gasteiger partial charge in [0.05, 0.1) is 0 Å². The molecule has 1 aromatic rings. The Morgan fingerprint density at radius 1 is 0.889 bits per heavy atom. The molecule has 0 aromatic heterocycles. The van der Waals surface area contributed by atoms with Gasteiger partial charge in [-0.25, -0.2) is 0 Å². The van der Waals surface area contributed by atoms with Crippen LogP contribution in [0.4, 0.5) is 0 Å². The molecule has 27 heavy (non-hydrogen) atoms. The number of rotatable bonds is 5. The summed E-state index contributed by atoms with van der Waals surface area (Å²) in [5, 5.41) is 3.40. The predicted octanol–water partition coefficient (Wildman–Crippen LogP) is 2.42. The average Bonchev–Trinajstić information content (AvgIpc) is 2.65. The van der Waals surface area contributed by atoms with Crippen LogP contribution in [-0.2, 0) is 9.59 Å². The highest BCUT2D eigenvalue weighted by Crippen LogP contribution is 2.14. The molecule has 1 aliphatic heterocycles. The van der Waals surface area contributed by atoms with Crippen molar-refractivity contribution in [1.82, 2.24) is 15.1 Å². The molecule has 1 fully saturated rings. The predicted molar refractivity (Wildman–Crippen MR) is 106 cm³/mol. The third-order valence-electron chi connectivity index (χ3n) is 4.72. The number of carbonyl (C=O) groups is 3. The number of nitrogens with one attached hydrogen (secondary N) is 1. The SMILES string of the molecule is CC(C)C(=O)N1CCN(C(=O)C(NC(=O)c2ccc(Cl)cc2)C(C)C)CC1. The first kappa shape index (κ1) is 21.2. The maximum Gasteiger partial charge on any atom is 0.251 e. The second-order valence-electron chi connectivity index (χ2n) is 7.51. The number of hydrogen-bond acceptors (Lipinski definition) is 3. The molecule has 6 nitrogen and oxygen atoms in total. The van der Waals surface area contributed by atoms with Crippen molar-refractivity contribution in [3.63, 3.8) is 0 Å². The topological polar surface area (TPSA) is 69.7 Å². The molecule has 1 unspecified atom stereocenters. The van der Waals surface area contributed by atoms with Crippen LogP contribution in [0.3, 0.4) is 0 Å². The Labute approximate surface area is 165 Å². The fourth-order valence-electron chi connectivity index (χ4n) is 3.05. The summed E-state index contributed by atoms with van der Waals surface area (Å²) >= 11 is 5.86. The van der Waals surface area contributed by atoms with E-state index in [4.69, 9.17) is 11.6 Å². The Morgan fingerprint density at radius 2 is 1.37 bits per heavy atom. The van der Waals surface area contributed by atoms with Crippen LogP contribution >= 0.6 is 11.6 Å². The molecule has 0 aliphatic carbocycles. The van der Waals surface area contributed by atoms with E-state index in [1.807, 2.05) is 27.7 Å². The summed E-state index contributed by atoms with van der Waals surface area (Å²) in [6.45, 7) is 9.58. The van der Waals surface area contributed by atoms with E-state index in [-0.39, 0.29) is 29.6 Å². The first-order chi connectivity index (χ1) is 12.7. The van der Waals surface area contributed by atoms with Crippen molar-refractivity contribution in [2.24, 2.45) is 11.8 Å². The summed E-state index contributed by atoms with van der Waals surface area (Å²) in [7, 11) is 0. The van der Waals surface area contributed by atoms with Crippen molar-refractivity contribution in [2.45, 2.75) is 33.7 Å². The smallest absolute Gasteiger partial charge is 0.251 e. The van der Waals surface area contributed by atoms with Crippen molar-refractivity contribution in [1.29, 1.82) is 0 Å². The average molecular weight is 394 g/mol. The van der Waals surface area contributed by atoms with E-state index in [9.17, 15) is 14.4 Å². The molecule has 0 bridgehead atoms. The van der Waals surface area contributed by atoms with Gasteiger partial charge in [-0.3, -0.25) is 14.4 Å². The normalized spacial score (nSPS) is 15.8. The summed E-state index contributed by atoms with van der Waals surface area (Å²) in [6.07, 6.45) is 0. The maximum absolute atomic E-state index is 13.0. The molecule has 1 aliphatic rings. The van der Waals surface area contributed by atoms with Gasteiger partial charge in [0.2, 0.25) is 11.8 Å². The van der Waals surface area contributed by atoms with E-state index in [1.165, 1.54) is 0 Å². The summed E-state index contributed by atoms with van der Waals surface area (Å²) in [5.74, 6) is -0.395. The number of amides is 3. The molecule has 1 heterocycles. The van der Waals surface area contributed by atoms with Gasteiger partial charge in [-0.1, -0.05) is 39.3 Å². The number of nitrogens with zero attached hydrogens (tertiary/aromatic N) is 2. The Kier molecular flexibility index (Phi) is 7.25. The van der Waals surface area contributed by atoms with E-state index in [2.05, 4.69) is 5.32 Å². The highest BCUT2D eigenvalue weighted by molar-refractivity contribution is 6.30. The van der Waals surface area contributed by atoms with Crippen molar-refractivity contribution in [3.05, 3.63) is 34.9 Å². The second kappa shape index (κ2) is 9.22. The van der Waals surface area contributed by atoms with Crippen molar-refractivity contribution in [3.8, 4) is 0 Å². The first-order valence-corrected chi connectivity index (χ1v) is 9.72. The van der Waals surface area contributed by atoms with Crippen LogP contribution in [0.5, 0.6) is 0 Å². The van der Waals surface area contributed by atoms with Gasteiger partial charge in [-0.15, -0.1) is 0 Å². The zero-order chi connectivity index (χ0) is 20.1. The van der Waals surface area contributed by atoms with Crippen molar-refractivity contribution in [2.75, 3.05) is 26.2 Å². The van der Waals surface area contributed by atoms with Gasteiger partial charge in [-0.05, 0) is 30.2 Å². The third kappa shape index (κ3) is 5.45. The Morgan fingerprint density at radius 3 is 1.81 bits per heavy atom. The molecule has 1 aromatic carbocycles. The highest BCUT2D eigenvalue weighted by atomic mass is 35.5. The lowest BCUT2D eigenvalue weighted by Crippen LogP contribution is -2.57. The number of halogens is 1. The quantitative estimate of drug-likeness (QED) is 0.835. The molecule has 3 amide bonds. The van der Waals surface area contributed by atoms with E-state index < -0.39 is 6.04 Å². The maximum atomic E-state index is 13.0. The van der Waals surface area contributed by atoms with Gasteiger partial charge in [0.1, 0.15) is 6.04 Å². The third-order valence-corrected chi connectivity index (χ3v) is 4.97. The van der Waals surface area contributed by atoms with Crippen LogP contribution in [0.1, 0.15) is 38.1 Å². The number of carbonyl (C=O) groups excluding carboxylic acids is 3. The van der Waals surface area contributed by atoms with Gasteiger partial charge in [0, 0.05) is 42.7 Å². The summed E-state index contributed by atoms with van der Waals surface area (Å²) in [4.78, 5) is 41.1. The standard InChI is InChI=1S/C20H28ClN3O3/c1-13(2)17(22-18(25)15-5-7-16(21)8-6-15)20(27)24-11-9-23(10-12-24)19(26)14(3)4/h5-8,13-14,17H,9-12H2,1-4H3,(H,22,25). The summed E-state index contributed by atoms with van der Waals surface area (Å²) < 4.78 is 0. The number of benzene rings is 1. The second-order valence-corrected chi connectivity index (χ2v) is 7.94. The summed E-state index contributed by atoms with van der Waals surface area (Å²) in [5.41, 5.74) is 0.463. The molecule has 7 heteroatoms. The van der Waals surface area contributed by atoms with E-state index >= 15 is 0 Å². The lowest BCUT2D eigenvalue weighted by molar-refractivity contribution is -0.142. The molecule has 1 saturated heterocycles. The minimum Gasteiger partial charge on any atom is -0.340 e. The largest absolute Gasteiger partial charge is 0.340 e. The van der Waals surface area contributed by atoms with Gasteiger partial charge >= 0.3 is 0 Å². The Bertz CT molecular complexity index is 680. The van der Waals surface area contributed by atoms with Crippen molar-refractivity contribution >= 4 is 29.3 Å². The van der Waals surface area contributed by atoms with Crippen LogP contribution in [0, 0.1) is 11.8 Å². The van der Waals surface area contributed by atoms with E-state index in [0.29, 0.717) is 36.8 Å². The molecule has 0 spiro atoms. The molecular formula is C20H28ClN3O3. The fourth-order valence-corrected chi connectivity index (χ4v) is 3.17. The lowest BCUT2D eigenvalue weighted by Gasteiger charge is -2.37. The van der Waals surface area contributed by atoms with Crippen LogP contribution in [-0.4, -0.2) is 59.7 Å². The van der Waals surface area contributed by atoms with Crippen molar-refractivity contribution < 1.29 is 14.4 Å². The van der Waals surface area contributed by atoms with Crippen LogP contribution in [0.2, 0.25) is 5.02 Å². The van der Waals surface area contributed by atoms with Gasteiger partial charge in [0.25, 0.3) is 5.91 Å². The van der Waals surface area contributed by atoms with Crippen LogP contribution in [0.25, 0.3) is 0 Å². The number of piperazine rings is 1. The van der Waals surface area contributed by atoms with Crippen LogP contribution < -0.4 is 5.32 Å². The van der Waals surface area contributed by atoms with Gasteiger partial charge in [-0.2, -0.15) is 0 Å². The van der Waals surface area contributed by atoms with Gasteiger partial charge < -0.3 is 15.1 Å². The molecular weight excluding hydrogens is 366 g/mol. The van der Waals surface area contributed by atoms with Crippen LogP contribution in [0.15, 0.2) is 24.3 Å². The molecule has 2 rings (SSSR count). The highest BCUT2D eigenvalue weighted by Gasteiger charge is 2.32. The number of hydrogen-bond donors (Lipinski definition) is 1. The summed E-state index contributed by atoms with van der Waals surface area (Å²) in [6, 6.07) is 5.95. The van der Waals surface area contributed by atoms with Gasteiger partial charge in [0.15, 0.2) is 0 Å². The minimum atomic E-state index is -0.611. The molecule has 0 radical (unpaired) electrons. The zero-order valence-corrected chi connectivity index (χ0v) is 17.1. The fraction of sp³-hybridized carbons (Fsp3) is 0.550. The van der Waals surface area contributed by atoms with E-state index in [1.54, 1.807) is 34.1 Å². The molecule has 1 atom stereocenters. The lowest BCUT2D eigenvalue weighted by atomic mass is 10.0. The Balaban J connectivity index is 2.00. The molecule has 148 valence electrons. The molecule has 0 saturated carbocycles. The molecule has 1 N–H and O–H groups in total. The first-order valence-electron chi connectivity index (χ1n) is 9.34. The Hall–Kier alpha value is -2.08. The zero-order valence-electron chi connectivity index (χ0n) is 16.4.